The van der Waals surface area contributed by atoms with Crippen molar-refractivity contribution in [1.29, 1.82) is 5.26 Å². The Hall–Kier alpha value is -3.83. The van der Waals surface area contributed by atoms with E-state index in [4.69, 9.17) is 0 Å². The average Bonchev–Trinajstić information content (AvgIpc) is 3.09. The maximum Gasteiger partial charge on any atom is 0.239 e. The number of amides is 1. The van der Waals surface area contributed by atoms with Gasteiger partial charge in [0.25, 0.3) is 0 Å². The van der Waals surface area contributed by atoms with Crippen molar-refractivity contribution >= 4 is 17.5 Å². The topological polar surface area (TPSA) is 78.1 Å². The fourth-order valence-electron chi connectivity index (χ4n) is 4.59. The van der Waals surface area contributed by atoms with Crippen molar-refractivity contribution in [2.45, 2.75) is 26.7 Å². The van der Waals surface area contributed by atoms with Crippen LogP contribution in [0, 0.1) is 42.7 Å². The first-order valence-electron chi connectivity index (χ1n) is 11.5. The molecule has 8 heteroatoms. The minimum Gasteiger partial charge on any atom is -0.310 e. The second kappa shape index (κ2) is 10.2. The summed E-state index contributed by atoms with van der Waals surface area (Å²) in [4.78, 5) is 27.5. The zero-order chi connectivity index (χ0) is 25.1. The van der Waals surface area contributed by atoms with Crippen LogP contribution in [0.25, 0.3) is 5.69 Å². The molecule has 2 heterocycles. The number of nitrogens with one attached hydrogen (secondary N) is 1. The number of halogens is 2. The molecule has 0 radical (unpaired) electrons. The van der Waals surface area contributed by atoms with E-state index in [0.29, 0.717) is 37.3 Å². The number of hydrogen-bond donors (Lipinski definition) is 1. The monoisotopic (exact) mass is 476 g/mol. The molecule has 1 aromatic heterocycles. The van der Waals surface area contributed by atoms with E-state index in [1.54, 1.807) is 0 Å². The molecule has 35 heavy (non-hydrogen) atoms. The summed E-state index contributed by atoms with van der Waals surface area (Å²) >= 11 is 0. The Bertz CT molecular complexity index is 1300. The number of hydrogen-bond acceptors (Lipinski definition) is 4. The number of para-hydroxylation sites is 1. The van der Waals surface area contributed by atoms with Crippen molar-refractivity contribution < 1.29 is 18.4 Å². The lowest BCUT2D eigenvalue weighted by Gasteiger charge is -2.30. The van der Waals surface area contributed by atoms with Crippen LogP contribution in [-0.4, -0.2) is 40.8 Å². The highest BCUT2D eigenvalue weighted by Crippen LogP contribution is 2.30. The predicted octanol–water partition coefficient (Wildman–Crippen LogP) is 4.78. The molecule has 0 bridgehead atoms. The molecule has 180 valence electrons. The van der Waals surface area contributed by atoms with Gasteiger partial charge in [0.15, 0.2) is 5.78 Å². The zero-order valence-corrected chi connectivity index (χ0v) is 19.6. The van der Waals surface area contributed by atoms with E-state index in [1.165, 1.54) is 0 Å². The summed E-state index contributed by atoms with van der Waals surface area (Å²) in [5, 5.41) is 12.6. The van der Waals surface area contributed by atoms with Gasteiger partial charge in [-0.05, 0) is 75.7 Å². The third kappa shape index (κ3) is 5.00. The molecule has 0 unspecified atom stereocenters. The molecule has 4 rings (SSSR count). The van der Waals surface area contributed by atoms with Crippen molar-refractivity contribution in [3.05, 3.63) is 82.5 Å². The van der Waals surface area contributed by atoms with Crippen LogP contribution in [0.1, 0.15) is 40.0 Å². The van der Waals surface area contributed by atoms with Crippen LogP contribution in [0.4, 0.5) is 14.6 Å². The second-order valence-corrected chi connectivity index (χ2v) is 8.80. The molecule has 1 aliphatic heterocycles. The molecule has 1 N–H and O–H groups in total. The number of piperidine rings is 1. The number of ketones is 1. The van der Waals surface area contributed by atoms with Crippen molar-refractivity contribution in [2.24, 2.45) is 5.92 Å². The highest BCUT2D eigenvalue weighted by atomic mass is 19.1. The number of anilines is 1. The van der Waals surface area contributed by atoms with Crippen molar-refractivity contribution in [3.63, 3.8) is 0 Å². The Kier molecular flexibility index (Phi) is 7.08. The van der Waals surface area contributed by atoms with Crippen LogP contribution in [0.15, 0.2) is 48.5 Å². The van der Waals surface area contributed by atoms with E-state index in [9.17, 15) is 23.6 Å². The fraction of sp³-hybridized carbons (Fsp3) is 0.296. The molecule has 1 saturated heterocycles. The van der Waals surface area contributed by atoms with Gasteiger partial charge in [-0.15, -0.1) is 0 Å². The Balaban J connectivity index is 1.43. The number of nitrogens with zero attached hydrogens (tertiary/aromatic N) is 3. The molecule has 0 atom stereocenters. The summed E-state index contributed by atoms with van der Waals surface area (Å²) in [6.45, 7) is 4.81. The maximum atomic E-state index is 14.0. The van der Waals surface area contributed by atoms with Crippen LogP contribution < -0.4 is 5.32 Å². The predicted molar refractivity (Wildman–Crippen MR) is 128 cm³/mol. The van der Waals surface area contributed by atoms with Gasteiger partial charge in [0.1, 0.15) is 23.5 Å². The van der Waals surface area contributed by atoms with E-state index >= 15 is 0 Å². The summed E-state index contributed by atoms with van der Waals surface area (Å²) in [6, 6.07) is 14.6. The number of benzene rings is 2. The standard InChI is InChI=1S/C27H26F2N4O2/c1-17-18(2)33(21-6-4-3-5-7-21)27(23(17)15-30)31-25(34)16-32-12-10-19(11-13-32)26(35)22-14-20(28)8-9-24(22)29/h3-9,14,19H,10-13,16H2,1-2H3,(H,31,34). The van der Waals surface area contributed by atoms with Gasteiger partial charge in [0.2, 0.25) is 5.91 Å². The molecular formula is C27H26F2N4O2. The lowest BCUT2D eigenvalue weighted by Crippen LogP contribution is -2.41. The van der Waals surface area contributed by atoms with E-state index in [0.717, 1.165) is 35.1 Å². The van der Waals surface area contributed by atoms with Gasteiger partial charge in [-0.2, -0.15) is 5.26 Å². The lowest BCUT2D eigenvalue weighted by atomic mass is 9.88. The van der Waals surface area contributed by atoms with Crippen LogP contribution in [0.2, 0.25) is 0 Å². The molecule has 1 amide bonds. The number of carbonyl (C=O) groups excluding carboxylic acids is 2. The van der Waals surface area contributed by atoms with Gasteiger partial charge < -0.3 is 5.32 Å². The van der Waals surface area contributed by atoms with Gasteiger partial charge in [0, 0.05) is 17.3 Å². The fourth-order valence-corrected chi connectivity index (χ4v) is 4.59. The minimum atomic E-state index is -0.724. The first-order chi connectivity index (χ1) is 16.8. The molecule has 6 nitrogen and oxygen atoms in total. The molecule has 1 fully saturated rings. The average molecular weight is 477 g/mol. The van der Waals surface area contributed by atoms with Gasteiger partial charge in [-0.1, -0.05) is 18.2 Å². The van der Waals surface area contributed by atoms with Crippen LogP contribution in [0.3, 0.4) is 0 Å². The third-order valence-corrected chi connectivity index (χ3v) is 6.62. The minimum absolute atomic E-state index is 0.0954. The number of rotatable bonds is 6. The molecular weight excluding hydrogens is 450 g/mol. The smallest absolute Gasteiger partial charge is 0.239 e. The zero-order valence-electron chi connectivity index (χ0n) is 19.6. The van der Waals surface area contributed by atoms with Gasteiger partial charge in [0.05, 0.1) is 17.7 Å². The Morgan fingerprint density at radius 3 is 2.43 bits per heavy atom. The van der Waals surface area contributed by atoms with Crippen LogP contribution in [0.5, 0.6) is 0 Å². The van der Waals surface area contributed by atoms with E-state index in [1.807, 2.05) is 53.6 Å². The van der Waals surface area contributed by atoms with Gasteiger partial charge in [-0.25, -0.2) is 8.78 Å². The van der Waals surface area contributed by atoms with Crippen molar-refractivity contribution in [2.75, 3.05) is 25.0 Å². The van der Waals surface area contributed by atoms with Crippen molar-refractivity contribution in [3.8, 4) is 11.8 Å². The summed E-state index contributed by atoms with van der Waals surface area (Å²) in [5.74, 6) is -2.03. The Labute approximate surface area is 202 Å². The molecule has 1 aliphatic rings. The number of likely N-dealkylation sites (tertiary alicyclic amines) is 1. The number of Topliss-reactive ketones (excluding diaryl/α,β-unsaturated/α-hetero) is 1. The Morgan fingerprint density at radius 2 is 1.77 bits per heavy atom. The number of aromatic nitrogens is 1. The molecule has 0 aliphatic carbocycles. The summed E-state index contributed by atoms with van der Waals surface area (Å²) in [7, 11) is 0. The number of carbonyl (C=O) groups is 2. The SMILES string of the molecule is Cc1c(C#N)c(NC(=O)CN2CCC(C(=O)c3cc(F)ccc3F)CC2)n(-c2ccccc2)c1C. The molecule has 2 aromatic carbocycles. The van der Waals surface area contributed by atoms with Gasteiger partial charge in [-0.3, -0.25) is 19.1 Å². The maximum absolute atomic E-state index is 14.0. The lowest BCUT2D eigenvalue weighted by molar-refractivity contribution is -0.117. The quantitative estimate of drug-likeness (QED) is 0.520. The van der Waals surface area contributed by atoms with Gasteiger partial charge >= 0.3 is 0 Å². The number of nitriles is 1. The van der Waals surface area contributed by atoms with Crippen molar-refractivity contribution in [1.82, 2.24) is 9.47 Å². The summed E-state index contributed by atoms with van der Waals surface area (Å²) in [6.07, 6.45) is 0.897. The Morgan fingerprint density at radius 1 is 1.09 bits per heavy atom. The first-order valence-corrected chi connectivity index (χ1v) is 11.5. The van der Waals surface area contributed by atoms with E-state index in [2.05, 4.69) is 11.4 Å². The largest absolute Gasteiger partial charge is 0.310 e. The molecule has 0 spiro atoms. The first kappa shape index (κ1) is 24.3. The summed E-state index contributed by atoms with van der Waals surface area (Å²) < 4.78 is 29.4. The molecule has 3 aromatic rings. The highest BCUT2D eigenvalue weighted by Gasteiger charge is 2.29. The van der Waals surface area contributed by atoms with Crippen LogP contribution >= 0.6 is 0 Å². The summed E-state index contributed by atoms with van der Waals surface area (Å²) in [5.41, 5.74) is 2.70. The highest BCUT2D eigenvalue weighted by molar-refractivity contribution is 5.98. The normalized spacial score (nSPS) is 14.5. The third-order valence-electron chi connectivity index (χ3n) is 6.62. The second-order valence-electron chi connectivity index (χ2n) is 8.80. The van der Waals surface area contributed by atoms with Crippen LogP contribution in [-0.2, 0) is 4.79 Å². The van der Waals surface area contributed by atoms with E-state index in [-0.39, 0.29) is 18.0 Å². The van der Waals surface area contributed by atoms with E-state index < -0.39 is 23.3 Å². The molecule has 0 saturated carbocycles.